The van der Waals surface area contributed by atoms with E-state index in [2.05, 4.69) is 20.9 Å². The monoisotopic (exact) mass is 687 g/mol. The number of fused-ring (bicyclic) bond motifs is 1. The van der Waals surface area contributed by atoms with Crippen LogP contribution >= 0.6 is 15.9 Å². The van der Waals surface area contributed by atoms with E-state index in [4.69, 9.17) is 23.7 Å². The van der Waals surface area contributed by atoms with Crippen molar-refractivity contribution in [3.63, 3.8) is 0 Å². The first-order valence-corrected chi connectivity index (χ1v) is 14.5. The lowest BCUT2D eigenvalue weighted by Gasteiger charge is -2.47. The van der Waals surface area contributed by atoms with Crippen LogP contribution in [0, 0.1) is 0 Å². The maximum absolute atomic E-state index is 14.2. The fourth-order valence-electron chi connectivity index (χ4n) is 4.95. The highest BCUT2D eigenvalue weighted by Gasteiger charge is 2.55. The third-order valence-electron chi connectivity index (χ3n) is 6.60. The molecule has 0 radical (unpaired) electrons. The summed E-state index contributed by atoms with van der Waals surface area (Å²) in [5, 5.41) is 1.03. The molecule has 1 amide bonds. The Balaban J connectivity index is 2.01. The Hall–Kier alpha value is -4.63. The van der Waals surface area contributed by atoms with Crippen LogP contribution in [0.15, 0.2) is 57.8 Å². The Morgan fingerprint density at radius 1 is 0.822 bits per heavy atom. The van der Waals surface area contributed by atoms with E-state index in [9.17, 15) is 28.8 Å². The highest BCUT2D eigenvalue weighted by Crippen LogP contribution is 2.32. The maximum atomic E-state index is 14.2. The normalized spacial score (nSPS) is 21.0. The molecule has 0 bridgehead atoms. The van der Waals surface area contributed by atoms with Crippen LogP contribution in [0.2, 0.25) is 0 Å². The van der Waals surface area contributed by atoms with Gasteiger partial charge in [-0.3, -0.25) is 28.8 Å². The van der Waals surface area contributed by atoms with Crippen molar-refractivity contribution in [3.8, 4) is 11.4 Å². The molecule has 14 nitrogen and oxygen atoms in total. The molecule has 4 rings (SSSR count). The molecule has 1 fully saturated rings. The van der Waals surface area contributed by atoms with Gasteiger partial charge in [0.2, 0.25) is 5.91 Å². The molecule has 3 aromatic rings. The van der Waals surface area contributed by atoms with Crippen LogP contribution in [0.5, 0.6) is 0 Å². The van der Waals surface area contributed by atoms with Gasteiger partial charge in [0.05, 0.1) is 10.9 Å². The SMILES string of the molecule is CC(=O)OC[C@H]1O[C@@H](N(C(C)=O)n2c(-c3ccc(Br)cc3)nc3ccccc3c2=O)[C@H](OC(C)=O)[C@@H](OC(C)=O)[C@@H]1OC(C)=O. The lowest BCUT2D eigenvalue weighted by Crippen LogP contribution is -2.69. The summed E-state index contributed by atoms with van der Waals surface area (Å²) in [4.78, 5) is 81.1. The molecule has 0 aliphatic carbocycles. The lowest BCUT2D eigenvalue weighted by molar-refractivity contribution is -0.254. The molecule has 5 atom stereocenters. The zero-order valence-electron chi connectivity index (χ0n) is 24.9. The number of nitrogens with zero attached hydrogens (tertiary/aromatic N) is 3. The second kappa shape index (κ2) is 14.0. The van der Waals surface area contributed by atoms with Gasteiger partial charge in [-0.15, -0.1) is 0 Å². The van der Waals surface area contributed by atoms with Gasteiger partial charge in [0.15, 0.2) is 30.4 Å². The zero-order valence-corrected chi connectivity index (χ0v) is 26.5. The summed E-state index contributed by atoms with van der Waals surface area (Å²) in [5.74, 6) is -3.99. The molecule has 1 aliphatic rings. The molecule has 0 unspecified atom stereocenters. The van der Waals surface area contributed by atoms with Crippen LogP contribution in [0.25, 0.3) is 22.3 Å². The molecule has 2 heterocycles. The Labute approximate surface area is 265 Å². The minimum absolute atomic E-state index is 0.0225. The van der Waals surface area contributed by atoms with Gasteiger partial charge < -0.3 is 23.7 Å². The van der Waals surface area contributed by atoms with Crippen molar-refractivity contribution >= 4 is 56.6 Å². The molecule has 238 valence electrons. The van der Waals surface area contributed by atoms with Crippen molar-refractivity contribution in [2.75, 3.05) is 11.6 Å². The van der Waals surface area contributed by atoms with Crippen molar-refractivity contribution < 1.29 is 47.7 Å². The van der Waals surface area contributed by atoms with Crippen LogP contribution in [-0.4, -0.2) is 76.7 Å². The van der Waals surface area contributed by atoms with E-state index in [-0.39, 0.29) is 11.2 Å². The quantitative estimate of drug-likeness (QED) is 0.251. The molecule has 1 aromatic heterocycles. The molecule has 45 heavy (non-hydrogen) atoms. The standard InChI is InChI=1S/C30H30BrN3O11/c1-15(35)33(34-28(20-10-12-21(31)13-11-20)32-23-9-7-6-8-22(23)29(34)40)30-27(44-19(5)39)26(43-18(4)38)25(42-17(3)37)24(45-30)14-41-16(2)36/h6-13,24-27,30H,14H2,1-5H3/t24-,25-,26+,27-,30-/m1/s1. The molecule has 0 spiro atoms. The van der Waals surface area contributed by atoms with Gasteiger partial charge >= 0.3 is 23.9 Å². The average molecular weight is 688 g/mol. The van der Waals surface area contributed by atoms with Crippen LogP contribution in [0.4, 0.5) is 0 Å². The average Bonchev–Trinajstić information content (AvgIpc) is 2.95. The predicted molar refractivity (Wildman–Crippen MR) is 160 cm³/mol. The first-order valence-electron chi connectivity index (χ1n) is 13.7. The minimum Gasteiger partial charge on any atom is -0.463 e. The lowest BCUT2D eigenvalue weighted by atomic mass is 9.96. The first kappa shape index (κ1) is 33.3. The summed E-state index contributed by atoms with van der Waals surface area (Å²) in [6.07, 6.45) is -7.74. The Kier molecular flexibility index (Phi) is 10.3. The summed E-state index contributed by atoms with van der Waals surface area (Å²) in [6, 6.07) is 13.3. The van der Waals surface area contributed by atoms with Gasteiger partial charge in [-0.25, -0.2) is 9.99 Å². The number of carbonyl (C=O) groups is 5. The van der Waals surface area contributed by atoms with Gasteiger partial charge in [0.1, 0.15) is 12.7 Å². The number of esters is 4. The zero-order chi connectivity index (χ0) is 33.0. The summed E-state index contributed by atoms with van der Waals surface area (Å²) in [7, 11) is 0. The van der Waals surface area contributed by atoms with Crippen LogP contribution < -0.4 is 10.6 Å². The van der Waals surface area contributed by atoms with Crippen LogP contribution in [-0.2, 0) is 47.7 Å². The molecular weight excluding hydrogens is 658 g/mol. The van der Waals surface area contributed by atoms with Crippen molar-refractivity contribution in [1.82, 2.24) is 9.66 Å². The third-order valence-corrected chi connectivity index (χ3v) is 7.13. The van der Waals surface area contributed by atoms with Crippen LogP contribution in [0.1, 0.15) is 34.6 Å². The largest absolute Gasteiger partial charge is 0.463 e. The third kappa shape index (κ3) is 7.54. The molecule has 0 saturated carbocycles. The summed E-state index contributed by atoms with van der Waals surface area (Å²) >= 11 is 3.38. The molecule has 15 heteroatoms. The summed E-state index contributed by atoms with van der Waals surface area (Å²) in [5.41, 5.74) is 0.0845. The van der Waals surface area contributed by atoms with E-state index < -0.39 is 72.6 Å². The number of amides is 1. The Morgan fingerprint density at radius 3 is 1.98 bits per heavy atom. The number of aromatic nitrogens is 2. The molecule has 1 aliphatic heterocycles. The van der Waals surface area contributed by atoms with E-state index in [0.717, 1.165) is 48.8 Å². The summed E-state index contributed by atoms with van der Waals surface area (Å²) < 4.78 is 29.6. The van der Waals surface area contributed by atoms with Crippen molar-refractivity contribution in [3.05, 3.63) is 63.4 Å². The highest BCUT2D eigenvalue weighted by molar-refractivity contribution is 9.10. The first-order chi connectivity index (χ1) is 21.3. The molecule has 1 saturated heterocycles. The van der Waals surface area contributed by atoms with Gasteiger partial charge in [-0.1, -0.05) is 40.2 Å². The Morgan fingerprint density at radius 2 is 1.40 bits per heavy atom. The summed E-state index contributed by atoms with van der Waals surface area (Å²) in [6.45, 7) is 4.99. The van der Waals surface area contributed by atoms with Gasteiger partial charge in [0, 0.05) is 44.7 Å². The predicted octanol–water partition coefficient (Wildman–Crippen LogP) is 2.39. The van der Waals surface area contributed by atoms with E-state index >= 15 is 0 Å². The van der Waals surface area contributed by atoms with Gasteiger partial charge in [0.25, 0.3) is 5.56 Å². The number of rotatable bonds is 8. The van der Waals surface area contributed by atoms with Gasteiger partial charge in [-0.05, 0) is 24.3 Å². The fourth-order valence-corrected chi connectivity index (χ4v) is 5.21. The number of carbonyl (C=O) groups excluding carboxylic acids is 5. The molecular formula is C30H30BrN3O11. The highest BCUT2D eigenvalue weighted by atomic mass is 79.9. The smallest absolute Gasteiger partial charge is 0.303 e. The van der Waals surface area contributed by atoms with Crippen molar-refractivity contribution in [2.24, 2.45) is 0 Å². The van der Waals surface area contributed by atoms with E-state index in [1.165, 1.54) is 6.07 Å². The second-order valence-corrected chi connectivity index (χ2v) is 10.9. The van der Waals surface area contributed by atoms with E-state index in [1.807, 2.05) is 0 Å². The van der Waals surface area contributed by atoms with Crippen LogP contribution in [0.3, 0.4) is 0 Å². The molecule has 2 aromatic carbocycles. The number of hydrogen-bond acceptors (Lipinski definition) is 12. The van der Waals surface area contributed by atoms with Gasteiger partial charge in [-0.2, -0.15) is 4.68 Å². The number of halogens is 1. The number of benzene rings is 2. The Bertz CT molecular complexity index is 1690. The van der Waals surface area contributed by atoms with Crippen molar-refractivity contribution in [2.45, 2.75) is 65.3 Å². The number of para-hydroxylation sites is 1. The second-order valence-electron chi connectivity index (χ2n) is 10.0. The topological polar surface area (TPSA) is 170 Å². The maximum Gasteiger partial charge on any atom is 0.303 e. The number of hydrogen-bond donors (Lipinski definition) is 0. The van der Waals surface area contributed by atoms with E-state index in [1.54, 1.807) is 42.5 Å². The fraction of sp³-hybridized carbons (Fsp3) is 0.367. The minimum atomic E-state index is -1.70. The number of ether oxygens (including phenoxy) is 5. The van der Waals surface area contributed by atoms with E-state index in [0.29, 0.717) is 11.1 Å². The van der Waals surface area contributed by atoms with Crippen molar-refractivity contribution in [1.29, 1.82) is 0 Å². The molecule has 0 N–H and O–H groups in total.